The highest BCUT2D eigenvalue weighted by Crippen LogP contribution is 2.39. The molecule has 1 aliphatic heterocycles. The van der Waals surface area contributed by atoms with Gasteiger partial charge in [0, 0.05) is 0 Å². The summed E-state index contributed by atoms with van der Waals surface area (Å²) in [5, 5.41) is 19.4. The standard InChI is InChI=1S/C19H19NO6/c1-25-17(23)14-7-8-16-15(9-14)20(10-13-5-3-2-4-6-13)18(24)19(11-21,12-22)26-16/h2-9,21-22H,10-12H2,1H3. The number of rotatable bonds is 5. The number of esters is 1. The number of nitrogens with zero attached hydrogens (tertiary/aromatic N) is 1. The molecule has 1 amide bonds. The highest BCUT2D eigenvalue weighted by molar-refractivity contribution is 6.04. The summed E-state index contributed by atoms with van der Waals surface area (Å²) in [6.07, 6.45) is 0. The number of aliphatic hydroxyl groups excluding tert-OH is 2. The highest BCUT2D eigenvalue weighted by Gasteiger charge is 2.48. The molecule has 1 heterocycles. The summed E-state index contributed by atoms with van der Waals surface area (Å²) in [6, 6.07) is 13.8. The average Bonchev–Trinajstić information content (AvgIpc) is 2.70. The Kier molecular flexibility index (Phi) is 4.92. The fourth-order valence-corrected chi connectivity index (χ4v) is 2.84. The van der Waals surface area contributed by atoms with E-state index >= 15 is 0 Å². The van der Waals surface area contributed by atoms with E-state index in [2.05, 4.69) is 0 Å². The third kappa shape index (κ3) is 3.02. The van der Waals surface area contributed by atoms with Gasteiger partial charge >= 0.3 is 5.97 Å². The van der Waals surface area contributed by atoms with Gasteiger partial charge in [0.25, 0.3) is 5.91 Å². The van der Waals surface area contributed by atoms with Crippen LogP contribution in [0.1, 0.15) is 15.9 Å². The predicted octanol–water partition coefficient (Wildman–Crippen LogP) is 1.12. The molecule has 0 saturated heterocycles. The lowest BCUT2D eigenvalue weighted by Crippen LogP contribution is -2.60. The van der Waals surface area contributed by atoms with Crippen LogP contribution >= 0.6 is 0 Å². The van der Waals surface area contributed by atoms with Crippen LogP contribution in [0.5, 0.6) is 5.75 Å². The summed E-state index contributed by atoms with van der Waals surface area (Å²) < 4.78 is 10.4. The highest BCUT2D eigenvalue weighted by atomic mass is 16.5. The first-order valence-electron chi connectivity index (χ1n) is 8.03. The molecule has 136 valence electrons. The van der Waals surface area contributed by atoms with Gasteiger partial charge in [0.05, 0.1) is 38.1 Å². The van der Waals surface area contributed by atoms with Crippen LogP contribution in [0.15, 0.2) is 48.5 Å². The van der Waals surface area contributed by atoms with Gasteiger partial charge in [-0.05, 0) is 23.8 Å². The van der Waals surface area contributed by atoms with E-state index < -0.39 is 30.7 Å². The Morgan fingerprint density at radius 1 is 1.15 bits per heavy atom. The number of anilines is 1. The van der Waals surface area contributed by atoms with Crippen molar-refractivity contribution in [3.05, 3.63) is 59.7 Å². The molecule has 7 nitrogen and oxygen atoms in total. The lowest BCUT2D eigenvalue weighted by Gasteiger charge is -2.40. The van der Waals surface area contributed by atoms with Crippen molar-refractivity contribution in [2.75, 3.05) is 25.2 Å². The Morgan fingerprint density at radius 3 is 2.46 bits per heavy atom. The molecule has 2 aromatic rings. The minimum absolute atomic E-state index is 0.197. The van der Waals surface area contributed by atoms with E-state index in [4.69, 9.17) is 9.47 Å². The molecule has 1 aliphatic rings. The van der Waals surface area contributed by atoms with Crippen LogP contribution in [0.2, 0.25) is 0 Å². The molecule has 0 spiro atoms. The Hall–Kier alpha value is -2.90. The minimum Gasteiger partial charge on any atom is -0.470 e. The van der Waals surface area contributed by atoms with Crippen molar-refractivity contribution in [3.8, 4) is 5.75 Å². The fourth-order valence-electron chi connectivity index (χ4n) is 2.84. The normalized spacial score (nSPS) is 15.2. The molecule has 0 bridgehead atoms. The number of hydrogen-bond acceptors (Lipinski definition) is 6. The molecule has 2 N–H and O–H groups in total. The van der Waals surface area contributed by atoms with Gasteiger partial charge in [-0.1, -0.05) is 30.3 Å². The second-order valence-electron chi connectivity index (χ2n) is 5.96. The molecule has 0 saturated carbocycles. The van der Waals surface area contributed by atoms with Crippen LogP contribution in [0, 0.1) is 0 Å². The average molecular weight is 357 g/mol. The molecule has 0 fully saturated rings. The summed E-state index contributed by atoms with van der Waals surface area (Å²) in [5.74, 6) is -0.835. The number of benzene rings is 2. The number of fused-ring (bicyclic) bond motifs is 1. The number of ether oxygens (including phenoxy) is 2. The van der Waals surface area contributed by atoms with Gasteiger partial charge in [-0.15, -0.1) is 0 Å². The summed E-state index contributed by atoms with van der Waals surface area (Å²) in [4.78, 5) is 26.2. The molecule has 7 heteroatoms. The first-order chi connectivity index (χ1) is 12.5. The maximum atomic E-state index is 13.0. The van der Waals surface area contributed by atoms with Crippen molar-refractivity contribution in [3.63, 3.8) is 0 Å². The zero-order chi connectivity index (χ0) is 18.7. The van der Waals surface area contributed by atoms with Crippen molar-refractivity contribution in [1.29, 1.82) is 0 Å². The van der Waals surface area contributed by atoms with Gasteiger partial charge in [-0.2, -0.15) is 0 Å². The van der Waals surface area contributed by atoms with Crippen LogP contribution in [0.25, 0.3) is 0 Å². The second-order valence-corrected chi connectivity index (χ2v) is 5.96. The van der Waals surface area contributed by atoms with E-state index in [0.29, 0.717) is 5.69 Å². The van der Waals surface area contributed by atoms with Crippen LogP contribution in [0.4, 0.5) is 5.69 Å². The number of carbonyl (C=O) groups excluding carboxylic acids is 2. The third-order valence-electron chi connectivity index (χ3n) is 4.31. The van der Waals surface area contributed by atoms with Crippen LogP contribution in [0.3, 0.4) is 0 Å². The Labute approximate surface area is 150 Å². The fraction of sp³-hybridized carbons (Fsp3) is 0.263. The third-order valence-corrected chi connectivity index (χ3v) is 4.31. The van der Waals surface area contributed by atoms with Crippen molar-refractivity contribution < 1.29 is 29.3 Å². The Morgan fingerprint density at radius 2 is 1.85 bits per heavy atom. The van der Waals surface area contributed by atoms with E-state index in [9.17, 15) is 19.8 Å². The molecule has 0 aromatic heterocycles. The maximum Gasteiger partial charge on any atom is 0.337 e. The monoisotopic (exact) mass is 357 g/mol. The number of hydrogen-bond donors (Lipinski definition) is 2. The molecule has 0 unspecified atom stereocenters. The van der Waals surface area contributed by atoms with E-state index in [1.807, 2.05) is 30.3 Å². The molecule has 2 aromatic carbocycles. The Balaban J connectivity index is 2.10. The summed E-state index contributed by atoms with van der Waals surface area (Å²) >= 11 is 0. The lowest BCUT2D eigenvalue weighted by molar-refractivity contribution is -0.144. The number of carbonyl (C=O) groups is 2. The topological polar surface area (TPSA) is 96.3 Å². The van der Waals surface area contributed by atoms with Gasteiger partial charge in [-0.3, -0.25) is 4.79 Å². The predicted molar refractivity (Wildman–Crippen MR) is 92.9 cm³/mol. The molecular weight excluding hydrogens is 338 g/mol. The SMILES string of the molecule is COC(=O)c1ccc2c(c1)N(Cc1ccccc1)C(=O)C(CO)(CO)O2. The molecular formula is C19H19NO6. The van der Waals surface area contributed by atoms with Crippen LogP contribution < -0.4 is 9.64 Å². The van der Waals surface area contributed by atoms with Gasteiger partial charge < -0.3 is 24.6 Å². The number of aliphatic hydroxyl groups is 2. The van der Waals surface area contributed by atoms with E-state index in [-0.39, 0.29) is 17.9 Å². The van der Waals surface area contributed by atoms with E-state index in [1.165, 1.54) is 30.2 Å². The zero-order valence-corrected chi connectivity index (χ0v) is 14.2. The quantitative estimate of drug-likeness (QED) is 0.779. The minimum atomic E-state index is -1.77. The van der Waals surface area contributed by atoms with Crippen molar-refractivity contribution in [2.45, 2.75) is 12.1 Å². The second kappa shape index (κ2) is 7.15. The molecule has 0 atom stereocenters. The first-order valence-corrected chi connectivity index (χ1v) is 8.03. The summed E-state index contributed by atoms with van der Waals surface area (Å²) in [5.41, 5.74) is -0.281. The van der Waals surface area contributed by atoms with E-state index in [1.54, 1.807) is 0 Å². The van der Waals surface area contributed by atoms with E-state index in [0.717, 1.165) is 5.56 Å². The van der Waals surface area contributed by atoms with Crippen molar-refractivity contribution >= 4 is 17.6 Å². The molecule has 26 heavy (non-hydrogen) atoms. The maximum absolute atomic E-state index is 13.0. The summed E-state index contributed by atoms with van der Waals surface area (Å²) in [7, 11) is 1.27. The van der Waals surface area contributed by atoms with Crippen molar-refractivity contribution in [1.82, 2.24) is 0 Å². The first kappa shape index (κ1) is 17.9. The smallest absolute Gasteiger partial charge is 0.337 e. The number of methoxy groups -OCH3 is 1. The molecule has 0 aliphatic carbocycles. The zero-order valence-electron chi connectivity index (χ0n) is 14.2. The summed E-state index contributed by atoms with van der Waals surface area (Å²) in [6.45, 7) is -1.15. The van der Waals surface area contributed by atoms with Crippen molar-refractivity contribution in [2.24, 2.45) is 0 Å². The van der Waals surface area contributed by atoms with Gasteiger partial charge in [0.2, 0.25) is 5.60 Å². The largest absolute Gasteiger partial charge is 0.470 e. The molecule has 0 radical (unpaired) electrons. The van der Waals surface area contributed by atoms with Gasteiger partial charge in [-0.25, -0.2) is 4.79 Å². The van der Waals surface area contributed by atoms with Gasteiger partial charge in [0.1, 0.15) is 5.75 Å². The van der Waals surface area contributed by atoms with Crippen LogP contribution in [-0.2, 0) is 16.1 Å². The van der Waals surface area contributed by atoms with Gasteiger partial charge in [0.15, 0.2) is 0 Å². The molecule has 3 rings (SSSR count). The number of amides is 1. The van der Waals surface area contributed by atoms with Crippen LogP contribution in [-0.4, -0.2) is 48.0 Å². The lowest BCUT2D eigenvalue weighted by atomic mass is 9.99. The Bertz CT molecular complexity index is 816.